The molecule has 0 fully saturated rings. The minimum absolute atomic E-state index is 0.00696. The molecule has 5 nitrogen and oxygen atoms in total. The van der Waals surface area contributed by atoms with Crippen LogP contribution >= 0.6 is 22.9 Å². The highest BCUT2D eigenvalue weighted by molar-refractivity contribution is 7.20. The first-order valence-electron chi connectivity index (χ1n) is 8.70. The number of carbonyl (C=O) groups excluding carboxylic acids is 1. The Morgan fingerprint density at radius 3 is 2.76 bits per heavy atom. The molecule has 0 unspecified atom stereocenters. The van der Waals surface area contributed by atoms with E-state index in [4.69, 9.17) is 16.3 Å². The number of fused-ring (bicyclic) bond motifs is 1. The first-order chi connectivity index (χ1) is 14.0. The van der Waals surface area contributed by atoms with Gasteiger partial charge in [-0.15, -0.1) is 11.3 Å². The third kappa shape index (κ3) is 4.06. The van der Waals surface area contributed by atoms with E-state index < -0.39 is 11.8 Å². The molecule has 146 valence electrons. The third-order valence-corrected chi connectivity index (χ3v) is 5.78. The molecular weight excluding hydrogens is 413 g/mol. The van der Waals surface area contributed by atoms with Gasteiger partial charge < -0.3 is 10.1 Å². The Morgan fingerprint density at radius 1 is 1.21 bits per heavy atom. The molecule has 0 aliphatic heterocycles. The normalized spacial score (nSPS) is 10.9. The van der Waals surface area contributed by atoms with Gasteiger partial charge in [0.25, 0.3) is 0 Å². The van der Waals surface area contributed by atoms with Crippen LogP contribution in [-0.2, 0) is 11.3 Å². The summed E-state index contributed by atoms with van der Waals surface area (Å²) >= 11 is 7.10. The van der Waals surface area contributed by atoms with E-state index in [0.717, 1.165) is 11.1 Å². The minimum atomic E-state index is -0.500. The Balaban J connectivity index is 1.62. The molecule has 0 atom stereocenters. The van der Waals surface area contributed by atoms with Gasteiger partial charge in [-0.2, -0.15) is 0 Å². The van der Waals surface area contributed by atoms with E-state index in [1.165, 1.54) is 29.8 Å². The number of hydrogen-bond acceptors (Lipinski definition) is 6. The number of thiophene rings is 1. The number of aryl methyl sites for hydroxylation is 1. The van der Waals surface area contributed by atoms with E-state index in [0.29, 0.717) is 26.6 Å². The van der Waals surface area contributed by atoms with Crippen molar-refractivity contribution in [3.8, 4) is 0 Å². The zero-order valence-corrected chi connectivity index (χ0v) is 16.9. The Kier molecular flexibility index (Phi) is 5.42. The van der Waals surface area contributed by atoms with Crippen molar-refractivity contribution in [2.45, 2.75) is 13.5 Å². The summed E-state index contributed by atoms with van der Waals surface area (Å²) in [7, 11) is 0. The first-order valence-corrected chi connectivity index (χ1v) is 9.89. The van der Waals surface area contributed by atoms with Crippen molar-refractivity contribution >= 4 is 50.6 Å². The number of anilines is 2. The number of esters is 1. The van der Waals surface area contributed by atoms with Crippen molar-refractivity contribution < 1.29 is 13.9 Å². The highest BCUT2D eigenvalue weighted by atomic mass is 35.5. The quantitative estimate of drug-likeness (QED) is 0.402. The summed E-state index contributed by atoms with van der Waals surface area (Å²) in [6.07, 6.45) is 1.41. The molecule has 4 rings (SSSR count). The van der Waals surface area contributed by atoms with Gasteiger partial charge in [-0.1, -0.05) is 41.9 Å². The highest BCUT2D eigenvalue weighted by Crippen LogP contribution is 2.35. The molecule has 0 amide bonds. The standard InChI is InChI=1S/C21H15ClFN3O2S/c1-12-17-19(26-14-7-8-16(23)15(22)9-14)24-11-25-20(17)29-18(12)21(27)28-10-13-5-3-2-4-6-13/h2-9,11H,10H2,1H3,(H,24,25,26). The van der Waals surface area contributed by atoms with Gasteiger partial charge >= 0.3 is 5.97 Å². The fraction of sp³-hybridized carbons (Fsp3) is 0.0952. The number of nitrogens with zero attached hydrogens (tertiary/aromatic N) is 2. The van der Waals surface area contributed by atoms with Crippen molar-refractivity contribution in [2.24, 2.45) is 0 Å². The van der Waals surface area contributed by atoms with Crippen LogP contribution in [0.4, 0.5) is 15.9 Å². The van der Waals surface area contributed by atoms with E-state index >= 15 is 0 Å². The number of benzene rings is 2. The number of aromatic nitrogens is 2. The average molecular weight is 428 g/mol. The Morgan fingerprint density at radius 2 is 2.00 bits per heavy atom. The van der Waals surface area contributed by atoms with Gasteiger partial charge in [-0.25, -0.2) is 19.2 Å². The molecule has 0 aliphatic carbocycles. The largest absolute Gasteiger partial charge is 0.457 e. The summed E-state index contributed by atoms with van der Waals surface area (Å²) in [5, 5.41) is 3.84. The van der Waals surface area contributed by atoms with Crippen molar-refractivity contribution in [2.75, 3.05) is 5.32 Å². The van der Waals surface area contributed by atoms with Crippen LogP contribution in [0.2, 0.25) is 5.02 Å². The Hall–Kier alpha value is -3.03. The second kappa shape index (κ2) is 8.14. The summed E-state index contributed by atoms with van der Waals surface area (Å²) in [6, 6.07) is 13.8. The molecule has 2 aromatic heterocycles. The summed E-state index contributed by atoms with van der Waals surface area (Å²) < 4.78 is 18.9. The molecule has 0 spiro atoms. The topological polar surface area (TPSA) is 64.1 Å². The molecule has 2 aromatic carbocycles. The number of hydrogen-bond donors (Lipinski definition) is 1. The fourth-order valence-corrected chi connectivity index (χ4v) is 4.08. The zero-order valence-electron chi connectivity index (χ0n) is 15.3. The van der Waals surface area contributed by atoms with Gasteiger partial charge in [0.15, 0.2) is 0 Å². The van der Waals surface area contributed by atoms with Gasteiger partial charge in [-0.05, 0) is 36.2 Å². The lowest BCUT2D eigenvalue weighted by molar-refractivity contribution is 0.0478. The fourth-order valence-electron chi connectivity index (χ4n) is 2.86. The minimum Gasteiger partial charge on any atom is -0.457 e. The van der Waals surface area contributed by atoms with Crippen molar-refractivity contribution in [1.82, 2.24) is 9.97 Å². The van der Waals surface area contributed by atoms with E-state index in [9.17, 15) is 9.18 Å². The van der Waals surface area contributed by atoms with Crippen LogP contribution in [-0.4, -0.2) is 15.9 Å². The molecular formula is C21H15ClFN3O2S. The molecule has 4 aromatic rings. The molecule has 0 radical (unpaired) electrons. The lowest BCUT2D eigenvalue weighted by atomic mass is 10.2. The highest BCUT2D eigenvalue weighted by Gasteiger charge is 2.20. The molecule has 0 saturated carbocycles. The number of carbonyl (C=O) groups is 1. The summed E-state index contributed by atoms with van der Waals surface area (Å²) in [5.74, 6) is -0.404. The van der Waals surface area contributed by atoms with Crippen LogP contribution < -0.4 is 5.32 Å². The van der Waals surface area contributed by atoms with Crippen LogP contribution in [0.5, 0.6) is 0 Å². The maximum Gasteiger partial charge on any atom is 0.349 e. The van der Waals surface area contributed by atoms with Gasteiger partial charge in [-0.3, -0.25) is 0 Å². The van der Waals surface area contributed by atoms with E-state index in [2.05, 4.69) is 15.3 Å². The molecule has 0 aliphatic rings. The second-order valence-corrected chi connectivity index (χ2v) is 7.68. The van der Waals surface area contributed by atoms with Gasteiger partial charge in [0.05, 0.1) is 10.4 Å². The smallest absolute Gasteiger partial charge is 0.349 e. The SMILES string of the molecule is Cc1c(C(=O)OCc2ccccc2)sc2ncnc(Nc3ccc(F)c(Cl)c3)c12. The summed E-state index contributed by atoms with van der Waals surface area (Å²) in [6.45, 7) is 2.02. The molecule has 29 heavy (non-hydrogen) atoms. The van der Waals surface area contributed by atoms with Crippen molar-refractivity contribution in [3.05, 3.63) is 81.7 Å². The summed E-state index contributed by atoms with van der Waals surface area (Å²) in [4.78, 5) is 22.3. The maximum absolute atomic E-state index is 13.4. The number of nitrogens with one attached hydrogen (secondary N) is 1. The lowest BCUT2D eigenvalue weighted by Crippen LogP contribution is -2.04. The number of rotatable bonds is 5. The van der Waals surface area contributed by atoms with Crippen LogP contribution in [0, 0.1) is 12.7 Å². The van der Waals surface area contributed by atoms with Crippen LogP contribution in [0.15, 0.2) is 54.9 Å². The third-order valence-electron chi connectivity index (χ3n) is 4.31. The molecule has 0 bridgehead atoms. The second-order valence-electron chi connectivity index (χ2n) is 6.27. The maximum atomic E-state index is 13.4. The number of ether oxygens (including phenoxy) is 1. The summed E-state index contributed by atoms with van der Waals surface area (Å²) in [5.41, 5.74) is 2.21. The van der Waals surface area contributed by atoms with Gasteiger partial charge in [0.1, 0.15) is 34.3 Å². The molecule has 0 saturated heterocycles. The van der Waals surface area contributed by atoms with E-state index in [1.807, 2.05) is 37.3 Å². The first kappa shape index (κ1) is 19.3. The predicted molar refractivity (Wildman–Crippen MR) is 112 cm³/mol. The van der Waals surface area contributed by atoms with Gasteiger partial charge in [0.2, 0.25) is 0 Å². The van der Waals surface area contributed by atoms with Crippen molar-refractivity contribution in [1.29, 1.82) is 0 Å². The molecule has 8 heteroatoms. The zero-order chi connectivity index (χ0) is 20.4. The Labute approximate surface area is 175 Å². The van der Waals surface area contributed by atoms with E-state index in [1.54, 1.807) is 6.07 Å². The lowest BCUT2D eigenvalue weighted by Gasteiger charge is -2.08. The molecule has 1 N–H and O–H groups in total. The van der Waals surface area contributed by atoms with E-state index in [-0.39, 0.29) is 11.6 Å². The Bertz CT molecular complexity index is 1200. The number of halogens is 2. The predicted octanol–water partition coefficient (Wildman–Crippen LogP) is 5.89. The monoisotopic (exact) mass is 427 g/mol. The molecule has 2 heterocycles. The van der Waals surface area contributed by atoms with Crippen LogP contribution in [0.3, 0.4) is 0 Å². The van der Waals surface area contributed by atoms with Crippen LogP contribution in [0.25, 0.3) is 10.2 Å². The van der Waals surface area contributed by atoms with Crippen LogP contribution in [0.1, 0.15) is 20.8 Å². The average Bonchev–Trinajstić information content (AvgIpc) is 3.07. The van der Waals surface area contributed by atoms with Crippen molar-refractivity contribution in [3.63, 3.8) is 0 Å². The van der Waals surface area contributed by atoms with Gasteiger partial charge in [0, 0.05) is 5.69 Å².